The maximum atomic E-state index is 12.2. The summed E-state index contributed by atoms with van der Waals surface area (Å²) < 4.78 is 52.5. The molecule has 2 aromatic rings. The average molecular weight is 411 g/mol. The first-order valence-electron chi connectivity index (χ1n) is 5.52. The van der Waals surface area contributed by atoms with Gasteiger partial charge in [0, 0.05) is 0 Å². The molecule has 0 amide bonds. The van der Waals surface area contributed by atoms with E-state index >= 15 is 0 Å². The van der Waals surface area contributed by atoms with Crippen LogP contribution >= 0.6 is 27.3 Å². The first-order valence-corrected chi connectivity index (χ1v) is 10.5. The van der Waals surface area contributed by atoms with Gasteiger partial charge in [0.25, 0.3) is 10.0 Å². The Morgan fingerprint density at radius 2 is 1.52 bits per heavy atom. The standard InChI is InChI=1S/C11H11BrN2O4S3/c1-20(15,16)13-8-4-2-3-5-9(8)14-21(17,18)11-7-6-10(12)19-11/h2-7,13-14H,1H3. The number of para-hydroxylation sites is 2. The summed E-state index contributed by atoms with van der Waals surface area (Å²) >= 11 is 4.26. The predicted molar refractivity (Wildman–Crippen MR) is 87.7 cm³/mol. The van der Waals surface area contributed by atoms with Crippen LogP contribution < -0.4 is 9.44 Å². The van der Waals surface area contributed by atoms with Gasteiger partial charge in [-0.2, -0.15) is 0 Å². The second-order valence-electron chi connectivity index (χ2n) is 4.08. The van der Waals surface area contributed by atoms with E-state index in [2.05, 4.69) is 25.4 Å². The molecule has 0 aliphatic carbocycles. The normalized spacial score (nSPS) is 12.1. The van der Waals surface area contributed by atoms with E-state index in [0.717, 1.165) is 17.6 Å². The summed E-state index contributed by atoms with van der Waals surface area (Å²) in [7, 11) is -7.27. The summed E-state index contributed by atoms with van der Waals surface area (Å²) in [5.41, 5.74) is 0.326. The zero-order valence-corrected chi connectivity index (χ0v) is 14.7. The highest BCUT2D eigenvalue weighted by atomic mass is 79.9. The largest absolute Gasteiger partial charge is 0.282 e. The lowest BCUT2D eigenvalue weighted by molar-refractivity contribution is 0.602. The molecule has 21 heavy (non-hydrogen) atoms. The van der Waals surface area contributed by atoms with Crippen molar-refractivity contribution in [1.29, 1.82) is 0 Å². The molecule has 1 heterocycles. The summed E-state index contributed by atoms with van der Waals surface area (Å²) in [5.74, 6) is 0. The van der Waals surface area contributed by atoms with Gasteiger partial charge < -0.3 is 0 Å². The number of thiophene rings is 1. The highest BCUT2D eigenvalue weighted by Crippen LogP contribution is 2.30. The van der Waals surface area contributed by atoms with Gasteiger partial charge in [0.2, 0.25) is 10.0 Å². The lowest BCUT2D eigenvalue weighted by Crippen LogP contribution is -2.15. The quantitative estimate of drug-likeness (QED) is 0.792. The third-order valence-electron chi connectivity index (χ3n) is 2.28. The Labute approximate surface area is 135 Å². The SMILES string of the molecule is CS(=O)(=O)Nc1ccccc1NS(=O)(=O)c1ccc(Br)s1. The van der Waals surface area contributed by atoms with Gasteiger partial charge in [-0.25, -0.2) is 16.8 Å². The van der Waals surface area contributed by atoms with Crippen molar-refractivity contribution < 1.29 is 16.8 Å². The van der Waals surface area contributed by atoms with Crippen LogP contribution in [0.3, 0.4) is 0 Å². The second kappa shape index (κ2) is 5.95. The van der Waals surface area contributed by atoms with Crippen LogP contribution in [0.2, 0.25) is 0 Å². The number of rotatable bonds is 5. The van der Waals surface area contributed by atoms with Gasteiger partial charge in [0.1, 0.15) is 4.21 Å². The molecular weight excluding hydrogens is 400 g/mol. The van der Waals surface area contributed by atoms with E-state index in [0.29, 0.717) is 3.79 Å². The molecule has 1 aromatic carbocycles. The van der Waals surface area contributed by atoms with Crippen LogP contribution in [-0.4, -0.2) is 23.1 Å². The van der Waals surface area contributed by atoms with E-state index in [1.54, 1.807) is 18.2 Å². The first-order chi connectivity index (χ1) is 9.67. The minimum Gasteiger partial charge on any atom is -0.282 e. The van der Waals surface area contributed by atoms with E-state index in [4.69, 9.17) is 0 Å². The minimum atomic E-state index is -3.77. The Morgan fingerprint density at radius 1 is 0.952 bits per heavy atom. The zero-order valence-electron chi connectivity index (χ0n) is 10.7. The van der Waals surface area contributed by atoms with Crippen molar-refractivity contribution in [2.24, 2.45) is 0 Å². The minimum absolute atomic E-state index is 0.128. The van der Waals surface area contributed by atoms with Crippen molar-refractivity contribution in [3.05, 3.63) is 40.2 Å². The van der Waals surface area contributed by atoms with Crippen molar-refractivity contribution in [1.82, 2.24) is 0 Å². The van der Waals surface area contributed by atoms with Crippen LogP contribution in [0.5, 0.6) is 0 Å². The maximum absolute atomic E-state index is 12.2. The lowest BCUT2D eigenvalue weighted by atomic mass is 10.3. The Balaban J connectivity index is 2.36. The molecule has 0 atom stereocenters. The molecule has 0 unspecified atom stereocenters. The second-order valence-corrected chi connectivity index (χ2v) is 10.2. The molecule has 2 N–H and O–H groups in total. The highest BCUT2D eigenvalue weighted by molar-refractivity contribution is 9.11. The summed E-state index contributed by atoms with van der Waals surface area (Å²) in [6, 6.07) is 9.25. The summed E-state index contributed by atoms with van der Waals surface area (Å²) in [6.07, 6.45) is 0.995. The molecule has 114 valence electrons. The van der Waals surface area contributed by atoms with E-state index in [1.807, 2.05) is 0 Å². The molecule has 0 saturated carbocycles. The number of sulfonamides is 2. The number of hydrogen-bond acceptors (Lipinski definition) is 5. The Kier molecular flexibility index (Phi) is 4.61. The molecule has 0 radical (unpaired) electrons. The number of anilines is 2. The van der Waals surface area contributed by atoms with E-state index < -0.39 is 20.0 Å². The fourth-order valence-electron chi connectivity index (χ4n) is 1.50. The fraction of sp³-hybridized carbons (Fsp3) is 0.0909. The van der Waals surface area contributed by atoms with E-state index in [-0.39, 0.29) is 15.6 Å². The van der Waals surface area contributed by atoms with Crippen LogP contribution in [0, 0.1) is 0 Å². The molecule has 10 heteroatoms. The molecule has 1 aromatic heterocycles. The van der Waals surface area contributed by atoms with Crippen LogP contribution in [-0.2, 0) is 20.0 Å². The molecule has 0 aliphatic heterocycles. The summed E-state index contributed by atoms with van der Waals surface area (Å²) in [6.45, 7) is 0. The molecular formula is C11H11BrN2O4S3. The van der Waals surface area contributed by atoms with Gasteiger partial charge in [-0.05, 0) is 40.2 Å². The first kappa shape index (κ1) is 16.3. The van der Waals surface area contributed by atoms with Crippen molar-refractivity contribution >= 4 is 58.7 Å². The van der Waals surface area contributed by atoms with E-state index in [9.17, 15) is 16.8 Å². The van der Waals surface area contributed by atoms with Gasteiger partial charge in [0.15, 0.2) is 0 Å². The van der Waals surface area contributed by atoms with Crippen molar-refractivity contribution in [3.63, 3.8) is 0 Å². The number of benzene rings is 1. The van der Waals surface area contributed by atoms with Gasteiger partial charge in [-0.3, -0.25) is 9.44 Å². The zero-order chi connectivity index (χ0) is 15.7. The number of hydrogen-bond donors (Lipinski definition) is 2. The molecule has 0 saturated heterocycles. The summed E-state index contributed by atoms with van der Waals surface area (Å²) in [5, 5.41) is 0. The smallest absolute Gasteiger partial charge is 0.271 e. The third kappa shape index (κ3) is 4.43. The molecule has 0 spiro atoms. The highest BCUT2D eigenvalue weighted by Gasteiger charge is 2.18. The third-order valence-corrected chi connectivity index (χ3v) is 6.35. The van der Waals surface area contributed by atoms with Crippen LogP contribution in [0.25, 0.3) is 0 Å². The Hall–Kier alpha value is -1.10. The Morgan fingerprint density at radius 3 is 2.00 bits per heavy atom. The molecule has 0 bridgehead atoms. The van der Waals surface area contributed by atoms with Crippen LogP contribution in [0.4, 0.5) is 11.4 Å². The van der Waals surface area contributed by atoms with Crippen molar-refractivity contribution in [2.75, 3.05) is 15.7 Å². The lowest BCUT2D eigenvalue weighted by Gasteiger charge is -2.12. The topological polar surface area (TPSA) is 92.3 Å². The van der Waals surface area contributed by atoms with Crippen LogP contribution in [0.15, 0.2) is 44.4 Å². The van der Waals surface area contributed by atoms with E-state index in [1.165, 1.54) is 18.2 Å². The molecule has 0 aliphatic rings. The van der Waals surface area contributed by atoms with Gasteiger partial charge in [-0.1, -0.05) is 12.1 Å². The molecule has 6 nitrogen and oxygen atoms in total. The van der Waals surface area contributed by atoms with Gasteiger partial charge in [-0.15, -0.1) is 11.3 Å². The number of halogens is 1. The molecule has 2 rings (SSSR count). The maximum Gasteiger partial charge on any atom is 0.271 e. The predicted octanol–water partition coefficient (Wildman–Crippen LogP) is 2.68. The monoisotopic (exact) mass is 410 g/mol. The Bertz CT molecular complexity index is 859. The van der Waals surface area contributed by atoms with Crippen molar-refractivity contribution in [3.8, 4) is 0 Å². The number of nitrogens with one attached hydrogen (secondary N) is 2. The fourth-order valence-corrected chi connectivity index (χ4v) is 5.17. The van der Waals surface area contributed by atoms with Crippen molar-refractivity contribution in [2.45, 2.75) is 4.21 Å². The molecule has 0 fully saturated rings. The average Bonchev–Trinajstić information content (AvgIpc) is 2.77. The van der Waals surface area contributed by atoms with Crippen LogP contribution in [0.1, 0.15) is 0 Å². The summed E-state index contributed by atoms with van der Waals surface area (Å²) in [4.78, 5) is 0. The van der Waals surface area contributed by atoms with Gasteiger partial charge >= 0.3 is 0 Å². The van der Waals surface area contributed by atoms with Gasteiger partial charge in [0.05, 0.1) is 21.4 Å².